The molecule has 0 fully saturated rings. The number of fused-ring (bicyclic) bond motifs is 1. The minimum atomic E-state index is -4.21. The monoisotopic (exact) mass is 492 g/mol. The first-order chi connectivity index (χ1) is 17.1. The number of benzene rings is 3. The van der Waals surface area contributed by atoms with Crippen LogP contribution in [0.2, 0.25) is 0 Å². The molecule has 0 aromatic heterocycles. The van der Waals surface area contributed by atoms with Crippen molar-refractivity contribution in [1.29, 1.82) is 5.26 Å². The maximum Gasteiger partial charge on any atom is 0.390 e. The Balaban J connectivity index is 1.65. The molecule has 0 unspecified atom stereocenters. The maximum atomic E-state index is 12.5. The molecule has 0 spiro atoms. The van der Waals surface area contributed by atoms with Crippen molar-refractivity contribution < 1.29 is 18.0 Å². The standard InChI is InChI=1S/C28H27F3N4O/c1-18-14-26(34-23-9-6-20(17-32)7-10-23)25-16-22(8-11-27(25)35(18)19(2)36)21-4-3-5-24(15-21)33-13-12-28(29,30)31/h3-11,15-16,18,26,33-34H,12-14H2,1-2H3/t18-,26+/m0/s1. The number of hydrogen-bond donors (Lipinski definition) is 2. The molecule has 3 aromatic rings. The van der Waals surface area contributed by atoms with E-state index in [1.807, 2.05) is 49.4 Å². The molecule has 3 aromatic carbocycles. The van der Waals surface area contributed by atoms with E-state index in [0.29, 0.717) is 17.7 Å². The van der Waals surface area contributed by atoms with Crippen molar-refractivity contribution in [3.63, 3.8) is 0 Å². The number of halogens is 3. The van der Waals surface area contributed by atoms with E-state index >= 15 is 0 Å². The van der Waals surface area contributed by atoms with E-state index < -0.39 is 12.6 Å². The number of hydrogen-bond acceptors (Lipinski definition) is 4. The van der Waals surface area contributed by atoms with Gasteiger partial charge in [0.1, 0.15) is 0 Å². The lowest BCUT2D eigenvalue weighted by Gasteiger charge is -2.39. The minimum absolute atomic E-state index is 0.0158. The van der Waals surface area contributed by atoms with Gasteiger partial charge in [-0.05, 0) is 78.6 Å². The normalized spacial score (nSPS) is 17.2. The van der Waals surface area contributed by atoms with E-state index in [9.17, 15) is 18.0 Å². The van der Waals surface area contributed by atoms with E-state index in [1.54, 1.807) is 36.1 Å². The minimum Gasteiger partial charge on any atom is -0.385 e. The lowest BCUT2D eigenvalue weighted by Crippen LogP contribution is -2.43. The summed E-state index contributed by atoms with van der Waals surface area (Å²) in [7, 11) is 0. The van der Waals surface area contributed by atoms with Crippen LogP contribution in [0.15, 0.2) is 66.7 Å². The Morgan fingerprint density at radius 3 is 2.44 bits per heavy atom. The molecule has 36 heavy (non-hydrogen) atoms. The molecule has 0 aliphatic carbocycles. The van der Waals surface area contributed by atoms with Crippen molar-refractivity contribution in [1.82, 2.24) is 0 Å². The van der Waals surface area contributed by atoms with Crippen LogP contribution in [-0.4, -0.2) is 24.7 Å². The number of alkyl halides is 3. The molecule has 0 saturated heterocycles. The Bertz CT molecular complexity index is 1280. The Morgan fingerprint density at radius 1 is 1.06 bits per heavy atom. The van der Waals surface area contributed by atoms with Gasteiger partial charge in [-0.1, -0.05) is 18.2 Å². The highest BCUT2D eigenvalue weighted by molar-refractivity contribution is 5.94. The molecular weight excluding hydrogens is 465 g/mol. The molecule has 2 N–H and O–H groups in total. The number of anilines is 3. The van der Waals surface area contributed by atoms with Gasteiger partial charge in [0.2, 0.25) is 5.91 Å². The number of carbonyl (C=O) groups excluding carboxylic acids is 1. The van der Waals surface area contributed by atoms with Crippen molar-refractivity contribution in [3.8, 4) is 17.2 Å². The van der Waals surface area contributed by atoms with E-state index in [1.165, 1.54) is 0 Å². The lowest BCUT2D eigenvalue weighted by atomic mass is 9.88. The highest BCUT2D eigenvalue weighted by atomic mass is 19.4. The number of carbonyl (C=O) groups is 1. The molecule has 1 aliphatic rings. The van der Waals surface area contributed by atoms with Gasteiger partial charge in [0.05, 0.1) is 24.1 Å². The molecule has 4 rings (SSSR count). The van der Waals surface area contributed by atoms with Gasteiger partial charge in [-0.2, -0.15) is 18.4 Å². The Kier molecular flexibility index (Phi) is 7.20. The first-order valence-corrected chi connectivity index (χ1v) is 11.8. The second kappa shape index (κ2) is 10.3. The third-order valence-corrected chi connectivity index (χ3v) is 6.31. The molecule has 0 radical (unpaired) electrons. The SMILES string of the molecule is CC(=O)N1c2ccc(-c3cccc(NCCC(F)(F)F)c3)cc2[C@H](Nc2ccc(C#N)cc2)C[C@@H]1C. The Morgan fingerprint density at radius 2 is 1.78 bits per heavy atom. The summed E-state index contributed by atoms with van der Waals surface area (Å²) >= 11 is 0. The van der Waals surface area contributed by atoms with Crippen LogP contribution >= 0.6 is 0 Å². The van der Waals surface area contributed by atoms with E-state index in [4.69, 9.17) is 5.26 Å². The number of amides is 1. The maximum absolute atomic E-state index is 12.5. The third-order valence-electron chi connectivity index (χ3n) is 6.31. The average Bonchev–Trinajstić information content (AvgIpc) is 2.83. The quantitative estimate of drug-likeness (QED) is 0.393. The fraction of sp³-hybridized carbons (Fsp3) is 0.286. The zero-order valence-electron chi connectivity index (χ0n) is 20.1. The van der Waals surface area contributed by atoms with Crippen LogP contribution in [0.25, 0.3) is 11.1 Å². The van der Waals surface area contributed by atoms with Gasteiger partial charge < -0.3 is 15.5 Å². The largest absolute Gasteiger partial charge is 0.390 e. The van der Waals surface area contributed by atoms with Crippen LogP contribution in [0.5, 0.6) is 0 Å². The number of nitriles is 1. The number of nitrogens with zero attached hydrogens (tertiary/aromatic N) is 2. The van der Waals surface area contributed by atoms with Gasteiger partial charge in [-0.25, -0.2) is 0 Å². The van der Waals surface area contributed by atoms with Gasteiger partial charge >= 0.3 is 6.18 Å². The van der Waals surface area contributed by atoms with Crippen LogP contribution in [0, 0.1) is 11.3 Å². The zero-order valence-corrected chi connectivity index (χ0v) is 20.1. The molecule has 1 amide bonds. The lowest BCUT2D eigenvalue weighted by molar-refractivity contribution is -0.131. The van der Waals surface area contributed by atoms with Crippen LogP contribution in [-0.2, 0) is 4.79 Å². The smallest absolute Gasteiger partial charge is 0.385 e. The molecular formula is C28H27F3N4O. The fourth-order valence-electron chi connectivity index (χ4n) is 4.66. The summed E-state index contributed by atoms with van der Waals surface area (Å²) in [5, 5.41) is 15.5. The summed E-state index contributed by atoms with van der Waals surface area (Å²) in [5.41, 5.74) is 5.61. The van der Waals surface area contributed by atoms with E-state index in [2.05, 4.69) is 16.7 Å². The van der Waals surface area contributed by atoms with E-state index in [0.717, 1.165) is 28.1 Å². The Labute approximate surface area is 208 Å². The number of nitrogens with one attached hydrogen (secondary N) is 2. The molecule has 2 atom stereocenters. The summed E-state index contributed by atoms with van der Waals surface area (Å²) in [4.78, 5) is 14.3. The van der Waals surface area contributed by atoms with Crippen LogP contribution < -0.4 is 15.5 Å². The second-order valence-corrected chi connectivity index (χ2v) is 9.01. The fourth-order valence-corrected chi connectivity index (χ4v) is 4.66. The molecule has 1 heterocycles. The first kappa shape index (κ1) is 25.1. The van der Waals surface area contributed by atoms with Crippen LogP contribution in [0.4, 0.5) is 30.2 Å². The predicted molar refractivity (Wildman–Crippen MR) is 136 cm³/mol. The van der Waals surface area contributed by atoms with Crippen molar-refractivity contribution in [2.75, 3.05) is 22.1 Å². The molecule has 1 aliphatic heterocycles. The molecule has 8 heteroatoms. The molecule has 186 valence electrons. The highest BCUT2D eigenvalue weighted by Gasteiger charge is 2.32. The third kappa shape index (κ3) is 5.80. The second-order valence-electron chi connectivity index (χ2n) is 9.01. The zero-order chi connectivity index (χ0) is 25.9. The van der Waals surface area contributed by atoms with Gasteiger partial charge in [-0.3, -0.25) is 4.79 Å². The van der Waals surface area contributed by atoms with Gasteiger partial charge in [0.25, 0.3) is 0 Å². The Hall–Kier alpha value is -3.99. The van der Waals surface area contributed by atoms with Crippen molar-refractivity contribution >= 4 is 23.0 Å². The summed E-state index contributed by atoms with van der Waals surface area (Å²) in [5.74, 6) is -0.0378. The predicted octanol–water partition coefficient (Wildman–Crippen LogP) is 6.89. The topological polar surface area (TPSA) is 68.2 Å². The molecule has 5 nitrogen and oxygen atoms in total. The van der Waals surface area contributed by atoms with Crippen LogP contribution in [0.1, 0.15) is 43.9 Å². The van der Waals surface area contributed by atoms with Crippen LogP contribution in [0.3, 0.4) is 0 Å². The molecule has 0 bridgehead atoms. The summed E-state index contributed by atoms with van der Waals surface area (Å²) < 4.78 is 37.6. The number of rotatable bonds is 6. The summed E-state index contributed by atoms with van der Waals surface area (Å²) in [6.45, 7) is 3.37. The van der Waals surface area contributed by atoms with Crippen molar-refractivity contribution in [2.45, 2.75) is 44.9 Å². The summed E-state index contributed by atoms with van der Waals surface area (Å²) in [6, 6.07) is 22.4. The average molecular weight is 493 g/mol. The van der Waals surface area contributed by atoms with Crippen molar-refractivity contribution in [2.24, 2.45) is 0 Å². The summed E-state index contributed by atoms with van der Waals surface area (Å²) in [6.07, 6.45) is -4.42. The van der Waals surface area contributed by atoms with Gasteiger partial charge in [0.15, 0.2) is 0 Å². The first-order valence-electron chi connectivity index (χ1n) is 11.8. The van der Waals surface area contributed by atoms with Gasteiger partial charge in [-0.15, -0.1) is 0 Å². The van der Waals surface area contributed by atoms with Gasteiger partial charge in [0, 0.05) is 36.6 Å². The molecule has 0 saturated carbocycles. The van der Waals surface area contributed by atoms with E-state index in [-0.39, 0.29) is 24.5 Å². The van der Waals surface area contributed by atoms with Crippen molar-refractivity contribution in [3.05, 3.63) is 77.9 Å². The highest BCUT2D eigenvalue weighted by Crippen LogP contribution is 2.41.